The highest BCUT2D eigenvalue weighted by molar-refractivity contribution is 6.31. The largest absolute Gasteiger partial charge is 0.381 e. The molecule has 0 spiro atoms. The number of nitrogens with zero attached hydrogens (tertiary/aromatic N) is 1. The van der Waals surface area contributed by atoms with E-state index in [9.17, 15) is 9.18 Å². The Morgan fingerprint density at radius 1 is 1.45 bits per heavy atom. The normalized spacial score (nSPS) is 16.1. The molecule has 0 N–H and O–H groups in total. The van der Waals surface area contributed by atoms with Gasteiger partial charge in [0.15, 0.2) is 0 Å². The smallest absolute Gasteiger partial charge is 0.226 e. The Labute approximate surface area is 123 Å². The molecule has 0 saturated carbocycles. The first-order valence-electron chi connectivity index (χ1n) is 6.82. The van der Waals surface area contributed by atoms with Crippen molar-refractivity contribution in [3.05, 3.63) is 34.6 Å². The highest BCUT2D eigenvalue weighted by atomic mass is 35.5. The van der Waals surface area contributed by atoms with E-state index in [0.717, 1.165) is 26.1 Å². The first-order chi connectivity index (χ1) is 9.58. The second-order valence-corrected chi connectivity index (χ2v) is 5.61. The molecule has 1 aromatic carbocycles. The quantitative estimate of drug-likeness (QED) is 0.855. The molecule has 0 radical (unpaired) electrons. The number of rotatable bonds is 4. The zero-order chi connectivity index (χ0) is 14.5. The number of carbonyl (C=O) groups is 1. The summed E-state index contributed by atoms with van der Waals surface area (Å²) in [5.41, 5.74) is 0.276. The lowest BCUT2D eigenvalue weighted by molar-refractivity contribution is -0.130. The third kappa shape index (κ3) is 3.93. The van der Waals surface area contributed by atoms with Crippen LogP contribution in [0.3, 0.4) is 0 Å². The molecular formula is C15H19ClFNO2. The van der Waals surface area contributed by atoms with Crippen LogP contribution in [-0.2, 0) is 16.0 Å². The van der Waals surface area contributed by atoms with Gasteiger partial charge in [0.05, 0.1) is 6.42 Å². The summed E-state index contributed by atoms with van der Waals surface area (Å²) in [5.74, 6) is -0.0670. The SMILES string of the molecule is CN(CC1CCOCC1)C(=O)Cc1c(F)cccc1Cl. The second-order valence-electron chi connectivity index (χ2n) is 5.21. The van der Waals surface area contributed by atoms with Crippen LogP contribution in [0.1, 0.15) is 18.4 Å². The summed E-state index contributed by atoms with van der Waals surface area (Å²) < 4.78 is 19.0. The molecule has 1 saturated heterocycles. The van der Waals surface area contributed by atoms with Crippen molar-refractivity contribution in [3.63, 3.8) is 0 Å². The zero-order valence-corrected chi connectivity index (χ0v) is 12.3. The highest BCUT2D eigenvalue weighted by Crippen LogP contribution is 2.21. The first-order valence-corrected chi connectivity index (χ1v) is 7.20. The van der Waals surface area contributed by atoms with Gasteiger partial charge in [-0.15, -0.1) is 0 Å². The molecule has 5 heteroatoms. The van der Waals surface area contributed by atoms with Gasteiger partial charge in [-0.05, 0) is 30.9 Å². The molecule has 3 nitrogen and oxygen atoms in total. The molecule has 0 bridgehead atoms. The molecular weight excluding hydrogens is 281 g/mol. The minimum atomic E-state index is -0.426. The van der Waals surface area contributed by atoms with E-state index in [0.29, 0.717) is 17.5 Å². The number of ether oxygens (including phenoxy) is 1. The number of carbonyl (C=O) groups excluding carboxylic acids is 1. The second kappa shape index (κ2) is 7.04. The van der Waals surface area contributed by atoms with Gasteiger partial charge in [-0.1, -0.05) is 17.7 Å². The van der Waals surface area contributed by atoms with Gasteiger partial charge < -0.3 is 9.64 Å². The third-order valence-corrected chi connectivity index (χ3v) is 4.04. The van der Waals surface area contributed by atoms with Crippen LogP contribution in [0.2, 0.25) is 5.02 Å². The van der Waals surface area contributed by atoms with Gasteiger partial charge >= 0.3 is 0 Å². The Hall–Kier alpha value is -1.13. The third-order valence-electron chi connectivity index (χ3n) is 3.69. The van der Waals surface area contributed by atoms with Crippen LogP contribution in [0.25, 0.3) is 0 Å². The van der Waals surface area contributed by atoms with Gasteiger partial charge in [0.2, 0.25) is 5.91 Å². The highest BCUT2D eigenvalue weighted by Gasteiger charge is 2.20. The van der Waals surface area contributed by atoms with E-state index in [1.54, 1.807) is 18.0 Å². The number of likely N-dealkylation sites (N-methyl/N-ethyl adjacent to an activating group) is 1. The zero-order valence-electron chi connectivity index (χ0n) is 11.6. The fraction of sp³-hybridized carbons (Fsp3) is 0.533. The topological polar surface area (TPSA) is 29.5 Å². The Kier molecular flexibility index (Phi) is 5.38. The molecule has 0 aromatic heterocycles. The Morgan fingerprint density at radius 2 is 2.15 bits per heavy atom. The van der Waals surface area contributed by atoms with E-state index in [2.05, 4.69) is 0 Å². The van der Waals surface area contributed by atoms with Gasteiger partial charge in [-0.3, -0.25) is 4.79 Å². The van der Waals surface area contributed by atoms with Crippen molar-refractivity contribution in [3.8, 4) is 0 Å². The summed E-state index contributed by atoms with van der Waals surface area (Å²) in [7, 11) is 1.76. The molecule has 20 heavy (non-hydrogen) atoms. The molecule has 1 fully saturated rings. The molecule has 1 aromatic rings. The molecule has 2 rings (SSSR count). The number of benzene rings is 1. The molecule has 1 heterocycles. The monoisotopic (exact) mass is 299 g/mol. The van der Waals surface area contributed by atoms with E-state index in [4.69, 9.17) is 16.3 Å². The number of hydrogen-bond donors (Lipinski definition) is 0. The fourth-order valence-corrected chi connectivity index (χ4v) is 2.64. The summed E-state index contributed by atoms with van der Waals surface area (Å²) in [4.78, 5) is 13.8. The van der Waals surface area contributed by atoms with Gasteiger partial charge in [0, 0.05) is 37.4 Å². The van der Waals surface area contributed by atoms with Crippen molar-refractivity contribution in [1.82, 2.24) is 4.90 Å². The lowest BCUT2D eigenvalue weighted by Gasteiger charge is -2.27. The van der Waals surface area contributed by atoms with E-state index in [1.165, 1.54) is 12.1 Å². The maximum Gasteiger partial charge on any atom is 0.226 e. The van der Waals surface area contributed by atoms with Crippen molar-refractivity contribution in [2.75, 3.05) is 26.8 Å². The summed E-state index contributed by atoms with van der Waals surface area (Å²) in [6.07, 6.45) is 1.95. The number of halogens is 2. The molecule has 1 amide bonds. The van der Waals surface area contributed by atoms with Crippen molar-refractivity contribution in [2.24, 2.45) is 5.92 Å². The summed E-state index contributed by atoms with van der Waals surface area (Å²) >= 11 is 5.94. The molecule has 0 aliphatic carbocycles. The Bertz CT molecular complexity index is 455. The minimum absolute atomic E-state index is 0.00519. The predicted molar refractivity (Wildman–Crippen MR) is 76.3 cm³/mol. The molecule has 0 atom stereocenters. The van der Waals surface area contributed by atoms with Crippen LogP contribution in [-0.4, -0.2) is 37.6 Å². The van der Waals surface area contributed by atoms with Crippen LogP contribution in [0.4, 0.5) is 4.39 Å². The predicted octanol–water partition coefficient (Wildman–Crippen LogP) is 2.91. The average Bonchev–Trinajstić information content (AvgIpc) is 2.44. The van der Waals surface area contributed by atoms with Crippen molar-refractivity contribution >= 4 is 17.5 Å². The fourth-order valence-electron chi connectivity index (χ4n) is 2.41. The average molecular weight is 300 g/mol. The van der Waals surface area contributed by atoms with Gasteiger partial charge in [-0.25, -0.2) is 4.39 Å². The Balaban J connectivity index is 1.93. The summed E-state index contributed by atoms with van der Waals surface area (Å²) in [6, 6.07) is 4.47. The maximum absolute atomic E-state index is 13.7. The molecule has 0 unspecified atom stereocenters. The van der Waals surface area contributed by atoms with E-state index < -0.39 is 5.82 Å². The number of hydrogen-bond acceptors (Lipinski definition) is 2. The maximum atomic E-state index is 13.7. The van der Waals surface area contributed by atoms with Crippen LogP contribution in [0.5, 0.6) is 0 Å². The Morgan fingerprint density at radius 3 is 2.80 bits per heavy atom. The lowest BCUT2D eigenvalue weighted by atomic mass is 9.99. The lowest BCUT2D eigenvalue weighted by Crippen LogP contribution is -2.35. The van der Waals surface area contributed by atoms with Crippen LogP contribution < -0.4 is 0 Å². The molecule has 1 aliphatic heterocycles. The van der Waals surface area contributed by atoms with Gasteiger partial charge in [0.1, 0.15) is 5.82 Å². The van der Waals surface area contributed by atoms with E-state index >= 15 is 0 Å². The minimum Gasteiger partial charge on any atom is -0.381 e. The van der Waals surface area contributed by atoms with Crippen molar-refractivity contribution in [2.45, 2.75) is 19.3 Å². The van der Waals surface area contributed by atoms with Gasteiger partial charge in [-0.2, -0.15) is 0 Å². The standard InChI is InChI=1S/C15H19ClFNO2/c1-18(10-11-5-7-20-8-6-11)15(19)9-12-13(16)3-2-4-14(12)17/h2-4,11H,5-10H2,1H3. The summed E-state index contributed by atoms with van der Waals surface area (Å²) in [6.45, 7) is 2.20. The van der Waals surface area contributed by atoms with Crippen molar-refractivity contribution in [1.29, 1.82) is 0 Å². The first kappa shape index (κ1) is 15.3. The van der Waals surface area contributed by atoms with Crippen LogP contribution in [0.15, 0.2) is 18.2 Å². The molecule has 110 valence electrons. The van der Waals surface area contributed by atoms with E-state index in [1.807, 2.05) is 0 Å². The number of amides is 1. The van der Waals surface area contributed by atoms with Crippen LogP contribution in [0, 0.1) is 11.7 Å². The van der Waals surface area contributed by atoms with E-state index in [-0.39, 0.29) is 17.9 Å². The van der Waals surface area contributed by atoms with Crippen molar-refractivity contribution < 1.29 is 13.9 Å². The van der Waals surface area contributed by atoms with Crippen LogP contribution >= 0.6 is 11.6 Å². The molecule has 1 aliphatic rings. The summed E-state index contributed by atoms with van der Waals surface area (Å²) in [5, 5.41) is 0.304. The van der Waals surface area contributed by atoms with Gasteiger partial charge in [0.25, 0.3) is 0 Å².